The monoisotopic (exact) mass is 332 g/mol. The highest BCUT2D eigenvalue weighted by Gasteiger charge is 2.26. The summed E-state index contributed by atoms with van der Waals surface area (Å²) in [6.45, 7) is 0. The second-order valence-corrected chi connectivity index (χ2v) is 7.41. The van der Waals surface area contributed by atoms with Gasteiger partial charge < -0.3 is 4.74 Å². The molecule has 3 rings (SSSR count). The van der Waals surface area contributed by atoms with E-state index >= 15 is 0 Å². The van der Waals surface area contributed by atoms with E-state index in [4.69, 9.17) is 4.74 Å². The SMILES string of the molecule is O=S(=O)(NC1CCC(Oc2ccccn2)CC1)c1ccccc1. The number of rotatable bonds is 5. The predicted molar refractivity (Wildman–Crippen MR) is 87.7 cm³/mol. The Bertz CT molecular complexity index is 712. The molecule has 0 bridgehead atoms. The van der Waals surface area contributed by atoms with Gasteiger partial charge in [-0.1, -0.05) is 24.3 Å². The lowest BCUT2D eigenvalue weighted by Gasteiger charge is -2.29. The molecular weight excluding hydrogens is 312 g/mol. The quantitative estimate of drug-likeness (QED) is 0.914. The molecule has 1 fully saturated rings. The molecule has 1 N–H and O–H groups in total. The van der Waals surface area contributed by atoms with Crippen LogP contribution in [0.25, 0.3) is 0 Å². The molecule has 122 valence electrons. The first-order valence-corrected chi connectivity index (χ1v) is 9.27. The van der Waals surface area contributed by atoms with Crippen LogP contribution >= 0.6 is 0 Å². The standard InChI is InChI=1S/C17H20N2O3S/c20-23(21,16-6-2-1-3-7-16)19-14-9-11-15(12-10-14)22-17-8-4-5-13-18-17/h1-8,13-15,19H,9-12H2. The van der Waals surface area contributed by atoms with E-state index in [9.17, 15) is 8.42 Å². The van der Waals surface area contributed by atoms with Crippen molar-refractivity contribution < 1.29 is 13.2 Å². The number of aromatic nitrogens is 1. The molecule has 1 aliphatic carbocycles. The summed E-state index contributed by atoms with van der Waals surface area (Å²) in [4.78, 5) is 4.47. The Morgan fingerprint density at radius 3 is 2.30 bits per heavy atom. The lowest BCUT2D eigenvalue weighted by molar-refractivity contribution is 0.138. The van der Waals surface area contributed by atoms with Crippen LogP contribution in [-0.4, -0.2) is 25.5 Å². The van der Waals surface area contributed by atoms with Crippen molar-refractivity contribution in [3.05, 3.63) is 54.7 Å². The minimum absolute atomic E-state index is 0.0382. The van der Waals surface area contributed by atoms with E-state index in [0.29, 0.717) is 10.8 Å². The van der Waals surface area contributed by atoms with Crippen molar-refractivity contribution in [2.24, 2.45) is 0 Å². The lowest BCUT2D eigenvalue weighted by Crippen LogP contribution is -2.39. The number of nitrogens with zero attached hydrogens (tertiary/aromatic N) is 1. The first-order valence-electron chi connectivity index (χ1n) is 7.78. The number of benzene rings is 1. The van der Waals surface area contributed by atoms with Gasteiger partial charge in [-0.2, -0.15) is 0 Å². The second kappa shape index (κ2) is 7.10. The van der Waals surface area contributed by atoms with Crippen LogP contribution in [0, 0.1) is 0 Å². The molecule has 2 aromatic rings. The van der Waals surface area contributed by atoms with Crippen molar-refractivity contribution in [1.82, 2.24) is 9.71 Å². The number of hydrogen-bond donors (Lipinski definition) is 1. The number of hydrogen-bond acceptors (Lipinski definition) is 4. The maximum atomic E-state index is 12.3. The zero-order valence-electron chi connectivity index (χ0n) is 12.8. The summed E-state index contributed by atoms with van der Waals surface area (Å²) in [7, 11) is -3.44. The molecule has 1 aliphatic rings. The van der Waals surface area contributed by atoms with E-state index in [2.05, 4.69) is 9.71 Å². The summed E-state index contributed by atoms with van der Waals surface area (Å²) in [6, 6.07) is 14.0. The Kier molecular flexibility index (Phi) is 4.93. The summed E-state index contributed by atoms with van der Waals surface area (Å²) in [5.74, 6) is 0.626. The van der Waals surface area contributed by atoms with Crippen LogP contribution in [0.15, 0.2) is 59.6 Å². The molecule has 0 radical (unpaired) electrons. The van der Waals surface area contributed by atoms with Crippen molar-refractivity contribution >= 4 is 10.0 Å². The molecule has 0 amide bonds. The average Bonchev–Trinajstić information content (AvgIpc) is 2.58. The summed E-state index contributed by atoms with van der Waals surface area (Å²) in [5, 5.41) is 0. The molecule has 0 aliphatic heterocycles. The predicted octanol–water partition coefficient (Wildman–Crippen LogP) is 2.75. The molecule has 1 aromatic heterocycles. The number of ether oxygens (including phenoxy) is 1. The Labute approximate surface area is 136 Å². The molecule has 1 aromatic carbocycles. The van der Waals surface area contributed by atoms with E-state index in [-0.39, 0.29) is 12.1 Å². The van der Waals surface area contributed by atoms with Crippen LogP contribution in [0.2, 0.25) is 0 Å². The first-order chi connectivity index (χ1) is 11.1. The van der Waals surface area contributed by atoms with Crippen LogP contribution < -0.4 is 9.46 Å². The van der Waals surface area contributed by atoms with Gasteiger partial charge in [-0.05, 0) is 43.9 Å². The van der Waals surface area contributed by atoms with Gasteiger partial charge in [-0.3, -0.25) is 0 Å². The van der Waals surface area contributed by atoms with Crippen LogP contribution in [0.3, 0.4) is 0 Å². The Morgan fingerprint density at radius 2 is 1.65 bits per heavy atom. The fourth-order valence-electron chi connectivity index (χ4n) is 2.77. The molecule has 1 heterocycles. The molecule has 0 saturated heterocycles. The Morgan fingerprint density at radius 1 is 0.957 bits per heavy atom. The van der Waals surface area contributed by atoms with Gasteiger partial charge in [-0.25, -0.2) is 18.1 Å². The maximum Gasteiger partial charge on any atom is 0.240 e. The molecule has 1 saturated carbocycles. The van der Waals surface area contributed by atoms with E-state index in [1.54, 1.807) is 36.5 Å². The molecule has 23 heavy (non-hydrogen) atoms. The van der Waals surface area contributed by atoms with E-state index in [1.165, 1.54) is 0 Å². The smallest absolute Gasteiger partial charge is 0.240 e. The molecule has 5 nitrogen and oxygen atoms in total. The van der Waals surface area contributed by atoms with Crippen molar-refractivity contribution in [3.8, 4) is 5.88 Å². The molecule has 0 unspecified atom stereocenters. The fourth-order valence-corrected chi connectivity index (χ4v) is 4.10. The highest BCUT2D eigenvalue weighted by molar-refractivity contribution is 7.89. The van der Waals surface area contributed by atoms with E-state index in [0.717, 1.165) is 25.7 Å². The van der Waals surface area contributed by atoms with Gasteiger partial charge in [0.25, 0.3) is 0 Å². The molecule has 6 heteroatoms. The zero-order chi connectivity index (χ0) is 16.1. The van der Waals surface area contributed by atoms with Gasteiger partial charge in [0.2, 0.25) is 15.9 Å². The third-order valence-corrected chi connectivity index (χ3v) is 5.51. The third kappa shape index (κ3) is 4.30. The number of nitrogens with one attached hydrogen (secondary N) is 1. The molecule has 0 atom stereocenters. The van der Waals surface area contributed by atoms with Crippen molar-refractivity contribution in [1.29, 1.82) is 0 Å². The topological polar surface area (TPSA) is 68.3 Å². The minimum Gasteiger partial charge on any atom is -0.474 e. The minimum atomic E-state index is -3.44. The maximum absolute atomic E-state index is 12.3. The van der Waals surface area contributed by atoms with Gasteiger partial charge in [0, 0.05) is 18.3 Å². The summed E-state index contributed by atoms with van der Waals surface area (Å²) >= 11 is 0. The van der Waals surface area contributed by atoms with Gasteiger partial charge in [0.15, 0.2) is 0 Å². The van der Waals surface area contributed by atoms with E-state index in [1.807, 2.05) is 18.2 Å². The van der Waals surface area contributed by atoms with Gasteiger partial charge in [0.05, 0.1) is 4.90 Å². The van der Waals surface area contributed by atoms with Crippen LogP contribution in [0.1, 0.15) is 25.7 Å². The van der Waals surface area contributed by atoms with Gasteiger partial charge in [0.1, 0.15) is 6.10 Å². The van der Waals surface area contributed by atoms with Crippen molar-refractivity contribution in [3.63, 3.8) is 0 Å². The normalized spacial score (nSPS) is 21.7. The highest BCUT2D eigenvalue weighted by atomic mass is 32.2. The largest absolute Gasteiger partial charge is 0.474 e. The average molecular weight is 332 g/mol. The van der Waals surface area contributed by atoms with Crippen molar-refractivity contribution in [2.75, 3.05) is 0 Å². The molecule has 0 spiro atoms. The van der Waals surface area contributed by atoms with Crippen molar-refractivity contribution in [2.45, 2.75) is 42.7 Å². The summed E-state index contributed by atoms with van der Waals surface area (Å²) < 4.78 is 33.3. The van der Waals surface area contributed by atoms with E-state index < -0.39 is 10.0 Å². The number of sulfonamides is 1. The summed E-state index contributed by atoms with van der Waals surface area (Å²) in [5.41, 5.74) is 0. The lowest BCUT2D eigenvalue weighted by atomic mass is 9.94. The first kappa shape index (κ1) is 16.0. The van der Waals surface area contributed by atoms with Crippen LogP contribution in [-0.2, 0) is 10.0 Å². The fraction of sp³-hybridized carbons (Fsp3) is 0.353. The number of pyridine rings is 1. The van der Waals surface area contributed by atoms with Crippen LogP contribution in [0.5, 0.6) is 5.88 Å². The highest BCUT2D eigenvalue weighted by Crippen LogP contribution is 2.24. The third-order valence-electron chi connectivity index (χ3n) is 3.97. The Balaban J connectivity index is 1.53. The van der Waals surface area contributed by atoms with Gasteiger partial charge in [-0.15, -0.1) is 0 Å². The zero-order valence-corrected chi connectivity index (χ0v) is 13.6. The van der Waals surface area contributed by atoms with Gasteiger partial charge >= 0.3 is 0 Å². The van der Waals surface area contributed by atoms with Crippen LogP contribution in [0.4, 0.5) is 0 Å². The summed E-state index contributed by atoms with van der Waals surface area (Å²) in [6.07, 6.45) is 4.97. The second-order valence-electron chi connectivity index (χ2n) is 5.69. The molecular formula is C17H20N2O3S. The Hall–Kier alpha value is -1.92.